The van der Waals surface area contributed by atoms with Crippen LogP contribution in [0, 0.1) is 0 Å². The predicted molar refractivity (Wildman–Crippen MR) is 82.4 cm³/mol. The first-order valence-electron chi connectivity index (χ1n) is 6.80. The van der Waals surface area contributed by atoms with Gasteiger partial charge in [-0.15, -0.1) is 0 Å². The van der Waals surface area contributed by atoms with Crippen LogP contribution in [0.15, 0.2) is 34.2 Å². The van der Waals surface area contributed by atoms with Gasteiger partial charge >= 0.3 is 6.18 Å². The summed E-state index contributed by atoms with van der Waals surface area (Å²) in [6.45, 7) is 4.71. The number of rotatable bonds is 3. The molecular formula is C15H15F3N2OS. The third-order valence-electron chi connectivity index (χ3n) is 3.01. The molecule has 0 unspecified atom stereocenters. The number of hydrogen-bond acceptors (Lipinski definition) is 3. The zero-order valence-electron chi connectivity index (χ0n) is 12.1. The molecule has 1 aromatic rings. The zero-order chi connectivity index (χ0) is 16.3. The summed E-state index contributed by atoms with van der Waals surface area (Å²) in [6.07, 6.45) is -2.92. The van der Waals surface area contributed by atoms with Crippen molar-refractivity contribution in [2.75, 3.05) is 13.1 Å². The summed E-state index contributed by atoms with van der Waals surface area (Å²) in [5.74, 6) is -0.225. The van der Waals surface area contributed by atoms with E-state index in [0.717, 1.165) is 12.1 Å². The van der Waals surface area contributed by atoms with Crippen LogP contribution in [0.25, 0.3) is 6.08 Å². The Hall–Kier alpha value is -1.76. The summed E-state index contributed by atoms with van der Waals surface area (Å²) in [5.41, 5.74) is -0.383. The molecule has 0 radical (unpaired) electrons. The second kappa shape index (κ2) is 6.56. The number of carbonyl (C=O) groups is 1. The van der Waals surface area contributed by atoms with Crippen molar-refractivity contribution >= 4 is 28.9 Å². The van der Waals surface area contributed by atoms with Crippen molar-refractivity contribution in [1.29, 1.82) is 0 Å². The lowest BCUT2D eigenvalue weighted by Crippen LogP contribution is -2.28. The maximum atomic E-state index is 12.7. The van der Waals surface area contributed by atoms with Crippen LogP contribution >= 0.6 is 11.8 Å². The van der Waals surface area contributed by atoms with Gasteiger partial charge in [-0.1, -0.05) is 12.1 Å². The van der Waals surface area contributed by atoms with E-state index < -0.39 is 11.7 Å². The van der Waals surface area contributed by atoms with Gasteiger partial charge in [0, 0.05) is 13.1 Å². The Kier molecular flexibility index (Phi) is 4.95. The minimum Gasteiger partial charge on any atom is -0.287 e. The van der Waals surface area contributed by atoms with Gasteiger partial charge in [-0.05, 0) is 49.4 Å². The molecule has 0 N–H and O–H groups in total. The zero-order valence-corrected chi connectivity index (χ0v) is 13.0. The van der Waals surface area contributed by atoms with Crippen LogP contribution in [0.3, 0.4) is 0 Å². The number of amides is 1. The molecule has 0 saturated carbocycles. The van der Waals surface area contributed by atoms with E-state index in [9.17, 15) is 18.0 Å². The fourth-order valence-electron chi connectivity index (χ4n) is 2.00. The molecule has 2 rings (SSSR count). The number of nitrogens with zero attached hydrogens (tertiary/aromatic N) is 2. The minimum atomic E-state index is -4.40. The van der Waals surface area contributed by atoms with Crippen molar-refractivity contribution in [1.82, 2.24) is 4.90 Å². The first-order chi connectivity index (χ1) is 10.4. The lowest BCUT2D eigenvalue weighted by molar-refractivity contribution is -0.137. The Bertz CT molecular complexity index is 638. The van der Waals surface area contributed by atoms with Gasteiger partial charge in [0.15, 0.2) is 5.17 Å². The number of amidine groups is 1. The van der Waals surface area contributed by atoms with Crippen LogP contribution < -0.4 is 0 Å². The standard InChI is InChI=1S/C15H15F3N2OS/c1-3-19-14-20(4-2)13(21)12(22-14)9-10-6-5-7-11(8-10)15(16,17)18/h5-9H,3-4H2,1-2H3/b12-9-,19-14?. The van der Waals surface area contributed by atoms with E-state index in [4.69, 9.17) is 0 Å². The Balaban J connectivity index is 2.34. The maximum absolute atomic E-state index is 12.7. The van der Waals surface area contributed by atoms with Gasteiger partial charge in [0.2, 0.25) is 0 Å². The Labute approximate surface area is 130 Å². The number of benzene rings is 1. The van der Waals surface area contributed by atoms with Crippen molar-refractivity contribution in [3.8, 4) is 0 Å². The van der Waals surface area contributed by atoms with E-state index in [0.29, 0.717) is 28.7 Å². The van der Waals surface area contributed by atoms with Crippen LogP contribution in [0.5, 0.6) is 0 Å². The molecule has 0 aromatic heterocycles. The monoisotopic (exact) mass is 328 g/mol. The molecule has 1 heterocycles. The summed E-state index contributed by atoms with van der Waals surface area (Å²) in [4.78, 5) is 18.4. The van der Waals surface area contributed by atoms with Gasteiger partial charge in [-0.25, -0.2) is 0 Å². The highest BCUT2D eigenvalue weighted by molar-refractivity contribution is 8.18. The van der Waals surface area contributed by atoms with Crippen molar-refractivity contribution in [3.63, 3.8) is 0 Å². The SMILES string of the molecule is CCN=C1S/C(=C\c2cccc(C(F)(F)F)c2)C(=O)N1CC. The molecule has 1 fully saturated rings. The summed E-state index contributed by atoms with van der Waals surface area (Å²) in [5, 5.41) is 0.591. The highest BCUT2D eigenvalue weighted by Gasteiger charge is 2.33. The molecule has 3 nitrogen and oxygen atoms in total. The summed E-state index contributed by atoms with van der Waals surface area (Å²) >= 11 is 1.19. The number of alkyl halides is 3. The number of aliphatic imine (C=N–C) groups is 1. The largest absolute Gasteiger partial charge is 0.416 e. The lowest BCUT2D eigenvalue weighted by atomic mass is 10.1. The summed E-state index contributed by atoms with van der Waals surface area (Å²) in [7, 11) is 0. The molecule has 1 amide bonds. The molecule has 0 aliphatic carbocycles. The highest BCUT2D eigenvalue weighted by atomic mass is 32.2. The summed E-state index contributed by atoms with van der Waals surface area (Å²) in [6, 6.07) is 4.92. The molecule has 0 bridgehead atoms. The fourth-order valence-corrected chi connectivity index (χ4v) is 3.10. The van der Waals surface area contributed by atoms with E-state index >= 15 is 0 Å². The van der Waals surface area contributed by atoms with Crippen LogP contribution in [-0.4, -0.2) is 29.1 Å². The summed E-state index contributed by atoms with van der Waals surface area (Å²) < 4.78 is 38.2. The van der Waals surface area contributed by atoms with Crippen LogP contribution in [-0.2, 0) is 11.0 Å². The van der Waals surface area contributed by atoms with E-state index in [1.807, 2.05) is 13.8 Å². The van der Waals surface area contributed by atoms with E-state index in [1.165, 1.54) is 28.8 Å². The quantitative estimate of drug-likeness (QED) is 0.785. The third-order valence-corrected chi connectivity index (χ3v) is 4.05. The van der Waals surface area contributed by atoms with E-state index in [2.05, 4.69) is 4.99 Å². The predicted octanol–water partition coefficient (Wildman–Crippen LogP) is 4.02. The maximum Gasteiger partial charge on any atom is 0.416 e. The number of halogens is 3. The average Bonchev–Trinajstić information content (AvgIpc) is 2.74. The number of hydrogen-bond donors (Lipinski definition) is 0. The molecule has 118 valence electrons. The topological polar surface area (TPSA) is 32.7 Å². The number of carbonyl (C=O) groups excluding carboxylic acids is 1. The smallest absolute Gasteiger partial charge is 0.287 e. The van der Waals surface area contributed by atoms with E-state index in [-0.39, 0.29) is 5.91 Å². The second-order valence-corrected chi connectivity index (χ2v) is 5.55. The van der Waals surface area contributed by atoms with Gasteiger partial charge in [0.05, 0.1) is 10.5 Å². The van der Waals surface area contributed by atoms with Crippen molar-refractivity contribution in [2.45, 2.75) is 20.0 Å². The molecular weight excluding hydrogens is 313 g/mol. The van der Waals surface area contributed by atoms with Gasteiger partial charge in [-0.2, -0.15) is 13.2 Å². The second-order valence-electron chi connectivity index (χ2n) is 4.54. The molecule has 22 heavy (non-hydrogen) atoms. The lowest BCUT2D eigenvalue weighted by Gasteiger charge is -2.11. The van der Waals surface area contributed by atoms with Gasteiger partial charge in [-0.3, -0.25) is 14.7 Å². The molecule has 0 atom stereocenters. The van der Waals surface area contributed by atoms with Crippen molar-refractivity contribution < 1.29 is 18.0 Å². The Morgan fingerprint density at radius 3 is 2.64 bits per heavy atom. The van der Waals surface area contributed by atoms with Gasteiger partial charge in [0.1, 0.15) is 0 Å². The van der Waals surface area contributed by atoms with Crippen molar-refractivity contribution in [2.24, 2.45) is 4.99 Å². The van der Waals surface area contributed by atoms with Crippen LogP contribution in [0.1, 0.15) is 25.0 Å². The fraction of sp³-hybridized carbons (Fsp3) is 0.333. The Morgan fingerprint density at radius 2 is 2.05 bits per heavy atom. The van der Waals surface area contributed by atoms with Gasteiger partial charge < -0.3 is 0 Å². The molecule has 7 heteroatoms. The first-order valence-corrected chi connectivity index (χ1v) is 7.61. The van der Waals surface area contributed by atoms with Crippen LogP contribution in [0.2, 0.25) is 0 Å². The highest BCUT2D eigenvalue weighted by Crippen LogP contribution is 2.34. The molecule has 1 saturated heterocycles. The third kappa shape index (κ3) is 3.52. The molecule has 0 spiro atoms. The van der Waals surface area contributed by atoms with E-state index in [1.54, 1.807) is 6.07 Å². The molecule has 1 aliphatic rings. The normalized spacial score (nSPS) is 19.5. The van der Waals surface area contributed by atoms with Crippen LogP contribution in [0.4, 0.5) is 13.2 Å². The minimum absolute atomic E-state index is 0.225. The number of thioether (sulfide) groups is 1. The number of likely N-dealkylation sites (N-methyl/N-ethyl adjacent to an activating group) is 1. The molecule has 1 aliphatic heterocycles. The first kappa shape index (κ1) is 16.6. The van der Waals surface area contributed by atoms with Gasteiger partial charge in [0.25, 0.3) is 5.91 Å². The van der Waals surface area contributed by atoms with Crippen molar-refractivity contribution in [3.05, 3.63) is 40.3 Å². The average molecular weight is 328 g/mol. The Morgan fingerprint density at radius 1 is 1.32 bits per heavy atom. The molecule has 1 aromatic carbocycles.